The Labute approximate surface area is 297 Å². The third-order valence-electron chi connectivity index (χ3n) is 9.32. The lowest BCUT2D eigenvalue weighted by atomic mass is 9.87. The summed E-state index contributed by atoms with van der Waals surface area (Å²) in [7, 11) is -2.61. The van der Waals surface area contributed by atoms with Gasteiger partial charge >= 0.3 is 0 Å². The molecule has 3 aromatic rings. The molecule has 1 saturated heterocycles. The van der Waals surface area contributed by atoms with Gasteiger partial charge in [0.25, 0.3) is 11.8 Å². The highest BCUT2D eigenvalue weighted by atomic mass is 32.2. The highest BCUT2D eigenvalue weighted by Gasteiger charge is 2.66. The van der Waals surface area contributed by atoms with E-state index < -0.39 is 86.7 Å². The molecule has 20 heteroatoms. The van der Waals surface area contributed by atoms with Crippen molar-refractivity contribution in [3.8, 4) is 17.1 Å². The number of carbonyl (C=O) groups is 4. The van der Waals surface area contributed by atoms with E-state index in [0.29, 0.717) is 24.2 Å². The molecule has 0 bridgehead atoms. The maximum atomic E-state index is 14.4. The lowest BCUT2D eigenvalue weighted by Crippen LogP contribution is -2.59. The average molecular weight is 748 g/mol. The number of alkyl halides is 2. The van der Waals surface area contributed by atoms with Gasteiger partial charge < -0.3 is 24.8 Å². The normalized spacial score (nSPS) is 23.6. The number of rotatable bonds is 13. The van der Waals surface area contributed by atoms with Crippen LogP contribution in [0.15, 0.2) is 41.1 Å². The molecular weight excluding hydrogens is 708 g/mol. The lowest BCUT2D eigenvalue weighted by molar-refractivity contribution is -0.141. The molecule has 3 fully saturated rings. The number of nitrogens with zero attached hydrogens (tertiary/aromatic N) is 6. The Hall–Kier alpha value is -5.01. The number of tetrazole rings is 1. The van der Waals surface area contributed by atoms with Gasteiger partial charge in [0, 0.05) is 24.6 Å². The molecule has 4 amide bonds. The first-order valence-electron chi connectivity index (χ1n) is 16.6. The minimum absolute atomic E-state index is 0.114. The Morgan fingerprint density at radius 1 is 1.12 bits per heavy atom. The molecule has 2 aromatic heterocycles. The average Bonchev–Trinajstić information content (AvgIpc) is 3.85. The fourth-order valence-corrected chi connectivity index (χ4v) is 7.69. The van der Waals surface area contributed by atoms with Gasteiger partial charge in [0.1, 0.15) is 23.4 Å². The van der Waals surface area contributed by atoms with Gasteiger partial charge in [-0.05, 0) is 60.6 Å². The third kappa shape index (κ3) is 7.75. The zero-order chi connectivity index (χ0) is 37.6. The van der Waals surface area contributed by atoms with E-state index in [1.165, 1.54) is 29.1 Å². The summed E-state index contributed by atoms with van der Waals surface area (Å²) < 4.78 is 65.3. The number of likely N-dealkylation sites (tertiary alicyclic amines) is 1. The summed E-state index contributed by atoms with van der Waals surface area (Å²) in [6, 6.07) is 4.85. The molecular formula is C32H39F2N9O8S. The molecule has 0 spiro atoms. The van der Waals surface area contributed by atoms with E-state index in [2.05, 4.69) is 31.2 Å². The van der Waals surface area contributed by atoms with E-state index in [9.17, 15) is 36.4 Å². The summed E-state index contributed by atoms with van der Waals surface area (Å²) in [4.78, 5) is 57.3. The molecule has 280 valence electrons. The number of halogens is 2. The Bertz CT molecular complexity index is 1930. The Kier molecular flexibility index (Phi) is 9.79. The fourth-order valence-electron chi connectivity index (χ4n) is 6.32. The molecule has 3 heterocycles. The van der Waals surface area contributed by atoms with Gasteiger partial charge in [0.05, 0.1) is 30.5 Å². The standard InChI is InChI=1S/C32H39F2N9O8S/c1-31(2,3)15-22(36-28(45)24-11-12-35-51-24)29(46)42-16-18(43-39-26(38-41-43)17-5-7-19(50-4)8-6-17)13-23(42)27(44)37-32(14-21(32)25(33)34)30(47)40-52(48,49)20-9-10-20/h5-8,11-12,18,20-23,25H,9-10,13-16H2,1-4H3,(H,36,45)(H,37,44)(H,40,47)/t18-,21+,22+,23?,32-/m1/s1. The SMILES string of the molecule is COc1ccc(-c2nnn([C@@H]3CC(C(=O)N[C@]4(C(=O)NS(=O)(=O)C5CC5)C[C@H]4C(F)F)N(C(=O)[C@H](CC(C)(C)C)NC(=O)c4ccno4)C3)n2)cc1. The number of nitrogens with one attached hydrogen (secondary N) is 3. The number of sulfonamides is 1. The second kappa shape index (κ2) is 13.8. The van der Waals surface area contributed by atoms with Crippen LogP contribution in [0.4, 0.5) is 8.78 Å². The Morgan fingerprint density at radius 2 is 1.83 bits per heavy atom. The minimum atomic E-state index is -4.13. The quantitative estimate of drug-likeness (QED) is 0.226. The van der Waals surface area contributed by atoms with Gasteiger partial charge in [-0.15, -0.1) is 10.2 Å². The number of methoxy groups -OCH3 is 1. The van der Waals surface area contributed by atoms with Crippen molar-refractivity contribution in [3.05, 3.63) is 42.3 Å². The zero-order valence-electron chi connectivity index (χ0n) is 28.8. The van der Waals surface area contributed by atoms with E-state index in [0.717, 1.165) is 0 Å². The van der Waals surface area contributed by atoms with E-state index in [-0.39, 0.29) is 31.0 Å². The molecule has 3 N–H and O–H groups in total. The van der Waals surface area contributed by atoms with Gasteiger partial charge in [-0.25, -0.2) is 17.2 Å². The maximum absolute atomic E-state index is 14.4. The predicted molar refractivity (Wildman–Crippen MR) is 176 cm³/mol. The van der Waals surface area contributed by atoms with Crippen molar-refractivity contribution in [3.63, 3.8) is 0 Å². The van der Waals surface area contributed by atoms with Crippen molar-refractivity contribution < 1.29 is 45.6 Å². The Morgan fingerprint density at radius 3 is 2.40 bits per heavy atom. The summed E-state index contributed by atoms with van der Waals surface area (Å²) >= 11 is 0. The second-order valence-electron chi connectivity index (χ2n) is 14.5. The van der Waals surface area contributed by atoms with Crippen molar-refractivity contribution in [1.82, 2.24) is 45.6 Å². The molecule has 6 rings (SSSR count). The minimum Gasteiger partial charge on any atom is -0.497 e. The van der Waals surface area contributed by atoms with Gasteiger partial charge in [0.15, 0.2) is 0 Å². The van der Waals surface area contributed by atoms with E-state index in [4.69, 9.17) is 9.26 Å². The first kappa shape index (κ1) is 36.8. The van der Waals surface area contributed by atoms with Gasteiger partial charge in [-0.3, -0.25) is 23.9 Å². The molecule has 1 aliphatic heterocycles. The van der Waals surface area contributed by atoms with Crippen molar-refractivity contribution >= 4 is 33.7 Å². The van der Waals surface area contributed by atoms with E-state index in [1.54, 1.807) is 24.3 Å². The molecule has 2 saturated carbocycles. The molecule has 52 heavy (non-hydrogen) atoms. The summed E-state index contributed by atoms with van der Waals surface area (Å²) in [5.74, 6) is -4.62. The Balaban J connectivity index is 1.30. The van der Waals surface area contributed by atoms with E-state index in [1.807, 2.05) is 25.5 Å². The molecule has 1 aromatic carbocycles. The van der Waals surface area contributed by atoms with Gasteiger partial charge in [-0.1, -0.05) is 25.9 Å². The predicted octanol–water partition coefficient (Wildman–Crippen LogP) is 1.46. The summed E-state index contributed by atoms with van der Waals surface area (Å²) in [6.45, 7) is 5.38. The van der Waals surface area contributed by atoms with Crippen molar-refractivity contribution in [2.75, 3.05) is 13.7 Å². The highest BCUT2D eigenvalue weighted by molar-refractivity contribution is 7.91. The van der Waals surface area contributed by atoms with Crippen LogP contribution in [0, 0.1) is 11.3 Å². The molecule has 3 aliphatic rings. The van der Waals surface area contributed by atoms with Crippen LogP contribution in [-0.2, 0) is 24.4 Å². The monoisotopic (exact) mass is 747 g/mol. The van der Waals surface area contributed by atoms with Crippen molar-refractivity contribution in [1.29, 1.82) is 0 Å². The maximum Gasteiger partial charge on any atom is 0.290 e. The zero-order valence-corrected chi connectivity index (χ0v) is 29.6. The lowest BCUT2D eigenvalue weighted by Gasteiger charge is -2.32. The summed E-state index contributed by atoms with van der Waals surface area (Å²) in [5, 5.41) is 20.5. The molecule has 2 aliphatic carbocycles. The second-order valence-corrected chi connectivity index (χ2v) is 16.5. The van der Waals surface area contributed by atoms with Crippen molar-refractivity contribution in [2.24, 2.45) is 11.3 Å². The van der Waals surface area contributed by atoms with Gasteiger partial charge in [0.2, 0.25) is 39.8 Å². The van der Waals surface area contributed by atoms with Crippen LogP contribution < -0.4 is 20.1 Å². The van der Waals surface area contributed by atoms with Gasteiger partial charge in [-0.2, -0.15) is 4.80 Å². The largest absolute Gasteiger partial charge is 0.497 e. The van der Waals surface area contributed by atoms with Crippen LogP contribution in [-0.4, -0.2) is 105 Å². The van der Waals surface area contributed by atoms with Crippen LogP contribution in [0.1, 0.15) is 69.5 Å². The smallest absolute Gasteiger partial charge is 0.290 e. The van der Waals surface area contributed by atoms with Crippen molar-refractivity contribution in [2.45, 2.75) is 88.2 Å². The number of hydrogen-bond donors (Lipinski definition) is 3. The molecule has 0 radical (unpaired) electrons. The van der Waals surface area contributed by atoms with Crippen LogP contribution in [0.25, 0.3) is 11.4 Å². The van der Waals surface area contributed by atoms with Crippen LogP contribution in [0.3, 0.4) is 0 Å². The van der Waals surface area contributed by atoms with E-state index >= 15 is 0 Å². The van der Waals surface area contributed by atoms with Crippen LogP contribution >= 0.6 is 0 Å². The summed E-state index contributed by atoms with van der Waals surface area (Å²) in [5.41, 5.74) is -2.13. The number of benzene rings is 1. The summed E-state index contributed by atoms with van der Waals surface area (Å²) in [6.07, 6.45) is -1.68. The number of hydrogen-bond acceptors (Lipinski definition) is 12. The first-order chi connectivity index (χ1) is 24.5. The molecule has 17 nitrogen and oxygen atoms in total. The third-order valence-corrected chi connectivity index (χ3v) is 11.1. The number of aromatic nitrogens is 5. The van der Waals surface area contributed by atoms with Crippen LogP contribution in [0.2, 0.25) is 0 Å². The molecule has 1 unspecified atom stereocenters. The fraction of sp³-hybridized carbons (Fsp3) is 0.562. The topological polar surface area (TPSA) is 221 Å². The van der Waals surface area contributed by atoms with Crippen LogP contribution in [0.5, 0.6) is 5.75 Å². The number of carbonyl (C=O) groups excluding carboxylic acids is 4. The number of ether oxygens (including phenoxy) is 1. The first-order valence-corrected chi connectivity index (χ1v) is 18.2. The highest BCUT2D eigenvalue weighted by Crippen LogP contribution is 2.48. The number of amides is 4. The molecule has 5 atom stereocenters.